The van der Waals surface area contributed by atoms with Crippen molar-refractivity contribution in [3.63, 3.8) is 0 Å². The van der Waals surface area contributed by atoms with Crippen LogP contribution in [0, 0.1) is 6.92 Å². The van der Waals surface area contributed by atoms with E-state index in [1.54, 1.807) is 0 Å². The number of aryl methyl sites for hydroxylation is 1. The molecular weight excluding hydrogens is 398 g/mol. The van der Waals surface area contributed by atoms with E-state index >= 15 is 0 Å². The summed E-state index contributed by atoms with van der Waals surface area (Å²) < 4.78 is 1.81. The molecule has 0 saturated heterocycles. The molecular formula is C26H23N5O. The molecule has 0 spiro atoms. The Labute approximate surface area is 185 Å². The summed E-state index contributed by atoms with van der Waals surface area (Å²) in [7, 11) is 0. The number of rotatable bonds is 3. The van der Waals surface area contributed by atoms with Crippen molar-refractivity contribution in [3.05, 3.63) is 84.2 Å². The normalized spacial score (nSPS) is 20.5. The van der Waals surface area contributed by atoms with E-state index in [2.05, 4.69) is 52.5 Å². The molecule has 1 fully saturated rings. The quantitative estimate of drug-likeness (QED) is 0.455. The second-order valence-electron chi connectivity index (χ2n) is 8.77. The monoisotopic (exact) mass is 421 g/mol. The minimum atomic E-state index is -0.443. The van der Waals surface area contributed by atoms with E-state index in [1.165, 1.54) is 0 Å². The van der Waals surface area contributed by atoms with Gasteiger partial charge in [0.25, 0.3) is 0 Å². The number of hydrogen-bond acceptors (Lipinski definition) is 5. The molecule has 5 aromatic rings. The Balaban J connectivity index is 1.56. The highest BCUT2D eigenvalue weighted by Gasteiger charge is 2.41. The van der Waals surface area contributed by atoms with Gasteiger partial charge in [0.2, 0.25) is 0 Å². The van der Waals surface area contributed by atoms with Gasteiger partial charge in [-0.05, 0) is 37.0 Å². The van der Waals surface area contributed by atoms with Crippen molar-refractivity contribution in [3.8, 4) is 22.4 Å². The zero-order valence-electron chi connectivity index (χ0n) is 17.7. The van der Waals surface area contributed by atoms with Crippen LogP contribution in [0.4, 0.5) is 0 Å². The Morgan fingerprint density at radius 2 is 1.75 bits per heavy atom. The predicted molar refractivity (Wildman–Crippen MR) is 125 cm³/mol. The molecule has 6 rings (SSSR count). The molecule has 2 aromatic carbocycles. The SMILES string of the molecule is Cc1cc2ncc3cc(-c4ccccc4)c(-c4ccc([C@]5(N)C[C@H](O)C5)cc4)nc3n2n1. The number of benzene rings is 2. The number of aromatic nitrogens is 4. The summed E-state index contributed by atoms with van der Waals surface area (Å²) in [5.41, 5.74) is 13.6. The van der Waals surface area contributed by atoms with Crippen LogP contribution in [0.5, 0.6) is 0 Å². The van der Waals surface area contributed by atoms with E-state index < -0.39 is 5.54 Å². The van der Waals surface area contributed by atoms with Crippen LogP contribution in [0.15, 0.2) is 72.9 Å². The number of aliphatic hydroxyl groups is 1. The third kappa shape index (κ3) is 2.99. The van der Waals surface area contributed by atoms with Crippen LogP contribution in [0.1, 0.15) is 24.1 Å². The molecule has 0 amide bonds. The fourth-order valence-corrected chi connectivity index (χ4v) is 4.69. The van der Waals surface area contributed by atoms with Gasteiger partial charge in [-0.25, -0.2) is 9.97 Å². The molecule has 158 valence electrons. The van der Waals surface area contributed by atoms with Gasteiger partial charge in [0.1, 0.15) is 0 Å². The molecule has 1 saturated carbocycles. The molecule has 3 N–H and O–H groups in total. The molecule has 0 unspecified atom stereocenters. The predicted octanol–water partition coefficient (Wildman–Crippen LogP) is 4.23. The number of pyridine rings is 1. The number of fused-ring (bicyclic) bond motifs is 3. The molecule has 6 heteroatoms. The molecule has 6 nitrogen and oxygen atoms in total. The van der Waals surface area contributed by atoms with Crippen molar-refractivity contribution >= 4 is 16.7 Å². The molecule has 1 aliphatic rings. The fraction of sp³-hybridized carbons (Fsp3) is 0.192. The van der Waals surface area contributed by atoms with Crippen LogP contribution in [0.25, 0.3) is 39.1 Å². The van der Waals surface area contributed by atoms with Gasteiger partial charge in [0.15, 0.2) is 11.3 Å². The lowest BCUT2D eigenvalue weighted by Gasteiger charge is -2.42. The number of nitrogens with two attached hydrogens (primary N) is 1. The van der Waals surface area contributed by atoms with Crippen molar-refractivity contribution in [2.24, 2.45) is 5.73 Å². The highest BCUT2D eigenvalue weighted by atomic mass is 16.3. The second kappa shape index (κ2) is 6.95. The van der Waals surface area contributed by atoms with Crippen LogP contribution >= 0.6 is 0 Å². The average molecular weight is 422 g/mol. The first-order chi connectivity index (χ1) is 15.5. The zero-order valence-corrected chi connectivity index (χ0v) is 17.7. The van der Waals surface area contributed by atoms with Crippen LogP contribution in [-0.4, -0.2) is 30.8 Å². The van der Waals surface area contributed by atoms with Gasteiger partial charge in [-0.2, -0.15) is 9.61 Å². The second-order valence-corrected chi connectivity index (χ2v) is 8.77. The standard InChI is InChI=1S/C26H23N5O/c1-16-11-23-28-15-19-12-22(17-5-3-2-4-6-17)24(29-25(19)31(23)30-16)18-7-9-20(10-8-18)26(27)13-21(32)14-26/h2-12,15,21,32H,13-14,27H2,1H3/t21-,26-. The lowest BCUT2D eigenvalue weighted by Crippen LogP contribution is -2.51. The number of aliphatic hydroxyl groups excluding tert-OH is 1. The summed E-state index contributed by atoms with van der Waals surface area (Å²) in [4.78, 5) is 9.64. The minimum Gasteiger partial charge on any atom is -0.393 e. The minimum absolute atomic E-state index is 0.306. The van der Waals surface area contributed by atoms with E-state index in [4.69, 9.17) is 10.7 Å². The molecule has 1 aliphatic carbocycles. The molecule has 0 aliphatic heterocycles. The van der Waals surface area contributed by atoms with Crippen molar-refractivity contribution in [2.75, 3.05) is 0 Å². The van der Waals surface area contributed by atoms with E-state index in [0.717, 1.165) is 50.3 Å². The Hall–Kier alpha value is -3.61. The molecule has 0 radical (unpaired) electrons. The Bertz CT molecular complexity index is 1450. The summed E-state index contributed by atoms with van der Waals surface area (Å²) in [6, 6.07) is 22.6. The van der Waals surface area contributed by atoms with Gasteiger partial charge in [-0.15, -0.1) is 0 Å². The molecule has 3 heterocycles. The van der Waals surface area contributed by atoms with Crippen molar-refractivity contribution in [1.82, 2.24) is 19.6 Å². The first kappa shape index (κ1) is 19.1. The van der Waals surface area contributed by atoms with Crippen LogP contribution in [0.3, 0.4) is 0 Å². The maximum atomic E-state index is 9.73. The maximum absolute atomic E-state index is 9.73. The van der Waals surface area contributed by atoms with E-state index in [-0.39, 0.29) is 6.10 Å². The molecule has 32 heavy (non-hydrogen) atoms. The Morgan fingerprint density at radius 1 is 1.00 bits per heavy atom. The maximum Gasteiger partial charge on any atom is 0.165 e. The molecule has 0 bridgehead atoms. The van der Waals surface area contributed by atoms with Gasteiger partial charge < -0.3 is 10.8 Å². The van der Waals surface area contributed by atoms with Crippen molar-refractivity contribution < 1.29 is 5.11 Å². The molecule has 0 atom stereocenters. The topological polar surface area (TPSA) is 89.3 Å². The summed E-state index contributed by atoms with van der Waals surface area (Å²) in [5.74, 6) is 0. The van der Waals surface area contributed by atoms with Gasteiger partial charge in [-0.1, -0.05) is 54.6 Å². The van der Waals surface area contributed by atoms with E-state index in [9.17, 15) is 5.11 Å². The highest BCUT2D eigenvalue weighted by molar-refractivity contribution is 5.90. The van der Waals surface area contributed by atoms with Gasteiger partial charge in [-0.3, -0.25) is 0 Å². The highest BCUT2D eigenvalue weighted by Crippen LogP contribution is 2.40. The average Bonchev–Trinajstić information content (AvgIpc) is 3.19. The van der Waals surface area contributed by atoms with Crippen LogP contribution in [-0.2, 0) is 5.54 Å². The third-order valence-electron chi connectivity index (χ3n) is 6.40. The summed E-state index contributed by atoms with van der Waals surface area (Å²) in [5, 5.41) is 15.3. The van der Waals surface area contributed by atoms with Crippen molar-refractivity contribution in [1.29, 1.82) is 0 Å². The van der Waals surface area contributed by atoms with Gasteiger partial charge in [0, 0.05) is 34.3 Å². The number of nitrogens with zero attached hydrogens (tertiary/aromatic N) is 4. The van der Waals surface area contributed by atoms with E-state index in [1.807, 2.05) is 41.9 Å². The smallest absolute Gasteiger partial charge is 0.165 e. The van der Waals surface area contributed by atoms with Gasteiger partial charge >= 0.3 is 0 Å². The van der Waals surface area contributed by atoms with Crippen LogP contribution < -0.4 is 5.73 Å². The Morgan fingerprint density at radius 3 is 2.47 bits per heavy atom. The lowest BCUT2D eigenvalue weighted by molar-refractivity contribution is 0.0209. The fourth-order valence-electron chi connectivity index (χ4n) is 4.69. The van der Waals surface area contributed by atoms with Crippen molar-refractivity contribution in [2.45, 2.75) is 31.4 Å². The van der Waals surface area contributed by atoms with Crippen LogP contribution in [0.2, 0.25) is 0 Å². The first-order valence-corrected chi connectivity index (χ1v) is 10.8. The summed E-state index contributed by atoms with van der Waals surface area (Å²) in [6.45, 7) is 1.96. The van der Waals surface area contributed by atoms with Gasteiger partial charge in [0.05, 0.1) is 17.5 Å². The first-order valence-electron chi connectivity index (χ1n) is 10.8. The number of hydrogen-bond donors (Lipinski definition) is 2. The summed E-state index contributed by atoms with van der Waals surface area (Å²) >= 11 is 0. The summed E-state index contributed by atoms with van der Waals surface area (Å²) in [6.07, 6.45) is 2.75. The largest absolute Gasteiger partial charge is 0.393 e. The Kier molecular flexibility index (Phi) is 4.15. The zero-order chi connectivity index (χ0) is 21.9. The third-order valence-corrected chi connectivity index (χ3v) is 6.40. The molecule has 3 aromatic heterocycles. The van der Waals surface area contributed by atoms with E-state index in [0.29, 0.717) is 12.8 Å². The lowest BCUT2D eigenvalue weighted by atomic mass is 9.70.